The van der Waals surface area contributed by atoms with Gasteiger partial charge in [0.2, 0.25) is 5.91 Å². The molecule has 3 heterocycles. The minimum absolute atomic E-state index is 0.0922. The van der Waals surface area contributed by atoms with Crippen LogP contribution in [0.3, 0.4) is 0 Å². The number of fused-ring (bicyclic) bond motifs is 1. The molecule has 0 aromatic carbocycles. The summed E-state index contributed by atoms with van der Waals surface area (Å²) in [6, 6.07) is 3.73. The summed E-state index contributed by atoms with van der Waals surface area (Å²) in [7, 11) is 3.57. The Kier molecular flexibility index (Phi) is 3.55. The highest BCUT2D eigenvalue weighted by atomic mass is 16.3. The van der Waals surface area contributed by atoms with Gasteiger partial charge in [0.1, 0.15) is 17.6 Å². The standard InChI is InChI=1S/C15H20N4O2/c1-11-4-5-13(21-11)8-18-7-12-6-16-10-19(12)14(9-18)15(20)17(2)3/h4-6,10,14H,7-9H2,1-3H3. The van der Waals surface area contributed by atoms with Crippen LogP contribution >= 0.6 is 0 Å². The van der Waals surface area contributed by atoms with Crippen molar-refractivity contribution in [1.82, 2.24) is 19.4 Å². The molecule has 6 nitrogen and oxygen atoms in total. The van der Waals surface area contributed by atoms with E-state index in [1.165, 1.54) is 0 Å². The van der Waals surface area contributed by atoms with Gasteiger partial charge in [-0.2, -0.15) is 0 Å². The van der Waals surface area contributed by atoms with E-state index in [-0.39, 0.29) is 11.9 Å². The van der Waals surface area contributed by atoms with Crippen LogP contribution in [0.25, 0.3) is 0 Å². The number of amides is 1. The maximum Gasteiger partial charge on any atom is 0.246 e. The van der Waals surface area contributed by atoms with Crippen molar-refractivity contribution in [3.63, 3.8) is 0 Å². The van der Waals surface area contributed by atoms with E-state index >= 15 is 0 Å². The summed E-state index contributed by atoms with van der Waals surface area (Å²) in [5, 5.41) is 0. The third-order valence-electron chi connectivity index (χ3n) is 3.80. The quantitative estimate of drug-likeness (QED) is 0.857. The first-order valence-corrected chi connectivity index (χ1v) is 7.04. The number of aromatic nitrogens is 2. The number of carbonyl (C=O) groups is 1. The predicted octanol–water partition coefficient (Wildman–Crippen LogP) is 1.43. The average Bonchev–Trinajstić information content (AvgIpc) is 3.05. The first-order valence-electron chi connectivity index (χ1n) is 7.04. The van der Waals surface area contributed by atoms with E-state index in [0.29, 0.717) is 13.1 Å². The fourth-order valence-corrected chi connectivity index (χ4v) is 2.77. The first kappa shape index (κ1) is 13.9. The van der Waals surface area contributed by atoms with Crippen molar-refractivity contribution < 1.29 is 9.21 Å². The molecule has 0 saturated heterocycles. The molecule has 0 N–H and O–H groups in total. The summed E-state index contributed by atoms with van der Waals surface area (Å²) in [4.78, 5) is 20.4. The Balaban J connectivity index is 1.81. The number of aryl methyl sites for hydroxylation is 1. The number of hydrogen-bond acceptors (Lipinski definition) is 4. The van der Waals surface area contributed by atoms with E-state index < -0.39 is 0 Å². The van der Waals surface area contributed by atoms with Gasteiger partial charge in [-0.25, -0.2) is 4.98 Å². The van der Waals surface area contributed by atoms with Crippen LogP contribution in [0, 0.1) is 6.92 Å². The fraction of sp³-hybridized carbons (Fsp3) is 0.467. The van der Waals surface area contributed by atoms with E-state index in [1.807, 2.05) is 29.8 Å². The van der Waals surface area contributed by atoms with E-state index in [9.17, 15) is 4.79 Å². The molecule has 0 fully saturated rings. The highest BCUT2D eigenvalue weighted by Gasteiger charge is 2.31. The van der Waals surface area contributed by atoms with Crippen molar-refractivity contribution in [3.8, 4) is 0 Å². The molecule has 0 spiro atoms. The van der Waals surface area contributed by atoms with Gasteiger partial charge in [0, 0.05) is 33.4 Å². The molecular weight excluding hydrogens is 268 g/mol. The van der Waals surface area contributed by atoms with Gasteiger partial charge in [0.05, 0.1) is 18.6 Å². The Bertz CT molecular complexity index is 644. The lowest BCUT2D eigenvalue weighted by molar-refractivity contribution is -0.133. The summed E-state index contributed by atoms with van der Waals surface area (Å²) in [5.74, 6) is 1.93. The predicted molar refractivity (Wildman–Crippen MR) is 77.5 cm³/mol. The van der Waals surface area contributed by atoms with Gasteiger partial charge in [-0.15, -0.1) is 0 Å². The van der Waals surface area contributed by atoms with Crippen LogP contribution in [0.2, 0.25) is 0 Å². The molecule has 1 amide bonds. The summed E-state index contributed by atoms with van der Waals surface area (Å²) in [6.45, 7) is 4.08. The molecule has 21 heavy (non-hydrogen) atoms. The summed E-state index contributed by atoms with van der Waals surface area (Å²) in [5.41, 5.74) is 1.06. The highest BCUT2D eigenvalue weighted by Crippen LogP contribution is 2.24. The van der Waals surface area contributed by atoms with Gasteiger partial charge in [0.25, 0.3) is 0 Å². The second-order valence-corrected chi connectivity index (χ2v) is 5.72. The Morgan fingerprint density at radius 2 is 2.29 bits per heavy atom. The SMILES string of the molecule is Cc1ccc(CN2Cc3cncn3C(C(=O)N(C)C)C2)o1. The van der Waals surface area contributed by atoms with Gasteiger partial charge < -0.3 is 13.9 Å². The van der Waals surface area contributed by atoms with Crippen LogP contribution in [-0.2, 0) is 17.9 Å². The van der Waals surface area contributed by atoms with Crippen LogP contribution < -0.4 is 0 Å². The molecule has 1 unspecified atom stereocenters. The zero-order valence-electron chi connectivity index (χ0n) is 12.6. The van der Waals surface area contributed by atoms with E-state index in [4.69, 9.17) is 4.42 Å². The third-order valence-corrected chi connectivity index (χ3v) is 3.80. The fourth-order valence-electron chi connectivity index (χ4n) is 2.77. The van der Waals surface area contributed by atoms with Crippen molar-refractivity contribution in [1.29, 1.82) is 0 Å². The lowest BCUT2D eigenvalue weighted by Crippen LogP contribution is -2.43. The van der Waals surface area contributed by atoms with Crippen LogP contribution in [0.5, 0.6) is 0 Å². The van der Waals surface area contributed by atoms with Gasteiger partial charge in [0.15, 0.2) is 0 Å². The second kappa shape index (κ2) is 5.37. The molecule has 0 saturated carbocycles. The van der Waals surface area contributed by atoms with Crippen LogP contribution in [0.4, 0.5) is 0 Å². The summed E-state index contributed by atoms with van der Waals surface area (Å²) < 4.78 is 7.62. The topological polar surface area (TPSA) is 54.5 Å². The third kappa shape index (κ3) is 2.71. The molecule has 112 valence electrons. The molecule has 1 aliphatic heterocycles. The minimum Gasteiger partial charge on any atom is -0.465 e. The van der Waals surface area contributed by atoms with Gasteiger partial charge >= 0.3 is 0 Å². The Hall–Kier alpha value is -2.08. The van der Waals surface area contributed by atoms with Crippen LogP contribution in [0.1, 0.15) is 23.3 Å². The average molecular weight is 288 g/mol. The van der Waals surface area contributed by atoms with Crippen molar-refractivity contribution in [2.45, 2.75) is 26.1 Å². The Morgan fingerprint density at radius 3 is 2.95 bits per heavy atom. The smallest absolute Gasteiger partial charge is 0.246 e. The summed E-state index contributed by atoms with van der Waals surface area (Å²) >= 11 is 0. The number of carbonyl (C=O) groups excluding carboxylic acids is 1. The zero-order valence-corrected chi connectivity index (χ0v) is 12.6. The number of rotatable bonds is 3. The molecule has 1 atom stereocenters. The molecule has 0 bridgehead atoms. The van der Waals surface area contributed by atoms with Crippen LogP contribution in [0.15, 0.2) is 29.1 Å². The lowest BCUT2D eigenvalue weighted by atomic mass is 10.1. The van der Waals surface area contributed by atoms with Gasteiger partial charge in [-0.05, 0) is 19.1 Å². The highest BCUT2D eigenvalue weighted by molar-refractivity contribution is 5.80. The van der Waals surface area contributed by atoms with Crippen molar-refractivity contribution in [2.24, 2.45) is 0 Å². The van der Waals surface area contributed by atoms with E-state index in [1.54, 1.807) is 25.3 Å². The molecule has 2 aromatic heterocycles. The van der Waals surface area contributed by atoms with E-state index in [0.717, 1.165) is 23.8 Å². The first-order chi connectivity index (χ1) is 10.0. The van der Waals surface area contributed by atoms with Gasteiger partial charge in [-0.3, -0.25) is 9.69 Å². The van der Waals surface area contributed by atoms with Crippen molar-refractivity contribution in [3.05, 3.63) is 41.9 Å². The number of imidazole rings is 1. The number of nitrogens with zero attached hydrogens (tertiary/aromatic N) is 4. The Morgan fingerprint density at radius 1 is 1.48 bits per heavy atom. The zero-order chi connectivity index (χ0) is 15.0. The maximum absolute atomic E-state index is 12.4. The number of furan rings is 1. The molecule has 2 aromatic rings. The maximum atomic E-state index is 12.4. The monoisotopic (exact) mass is 288 g/mol. The molecular formula is C15H20N4O2. The molecule has 0 aliphatic carbocycles. The van der Waals surface area contributed by atoms with Gasteiger partial charge in [-0.1, -0.05) is 0 Å². The molecule has 1 aliphatic rings. The van der Waals surface area contributed by atoms with Crippen LogP contribution in [-0.4, -0.2) is 45.9 Å². The summed E-state index contributed by atoms with van der Waals surface area (Å²) in [6.07, 6.45) is 3.57. The number of hydrogen-bond donors (Lipinski definition) is 0. The minimum atomic E-state index is -0.220. The molecule has 3 rings (SSSR count). The molecule has 0 radical (unpaired) electrons. The largest absolute Gasteiger partial charge is 0.465 e. The second-order valence-electron chi connectivity index (χ2n) is 5.72. The number of likely N-dealkylation sites (N-methyl/N-ethyl adjacent to an activating group) is 1. The van der Waals surface area contributed by atoms with E-state index in [2.05, 4.69) is 9.88 Å². The van der Waals surface area contributed by atoms with Crippen molar-refractivity contribution in [2.75, 3.05) is 20.6 Å². The molecule has 6 heteroatoms. The van der Waals surface area contributed by atoms with Crippen molar-refractivity contribution >= 4 is 5.91 Å². The Labute approximate surface area is 124 Å². The normalized spacial score (nSPS) is 18.5. The lowest BCUT2D eigenvalue weighted by Gasteiger charge is -2.34.